The number of aromatic amines is 1. The lowest BCUT2D eigenvalue weighted by Crippen LogP contribution is -2.59. The Hall–Kier alpha value is -3.75. The van der Waals surface area contributed by atoms with Crippen LogP contribution in [-0.4, -0.2) is 97.0 Å². The van der Waals surface area contributed by atoms with E-state index in [9.17, 15) is 4.79 Å². The molecule has 7 nitrogen and oxygen atoms in total. The van der Waals surface area contributed by atoms with Gasteiger partial charge >= 0.3 is 0 Å². The number of likely N-dealkylation sites (N-methyl/N-ethyl adjacent to an activating group) is 2. The monoisotopic (exact) mass is 512 g/mol. The van der Waals surface area contributed by atoms with E-state index >= 15 is 4.39 Å². The number of fused-ring (bicyclic) bond motifs is 1. The molecule has 0 bridgehead atoms. The van der Waals surface area contributed by atoms with Crippen LogP contribution in [-0.2, 0) is 0 Å². The third-order valence-electron chi connectivity index (χ3n) is 7.98. The molecule has 2 aliphatic heterocycles. The van der Waals surface area contributed by atoms with Crippen LogP contribution in [0.5, 0.6) is 0 Å². The van der Waals surface area contributed by atoms with Gasteiger partial charge in [0.1, 0.15) is 11.5 Å². The molecule has 6 rings (SSSR count). The van der Waals surface area contributed by atoms with Crippen molar-refractivity contribution in [1.29, 1.82) is 0 Å². The second-order valence-corrected chi connectivity index (χ2v) is 10.7. The number of anilines is 1. The Kier molecular flexibility index (Phi) is 6.37. The number of hydrogen-bond donors (Lipinski definition) is 1. The number of nitrogens with one attached hydrogen (secondary N) is 1. The summed E-state index contributed by atoms with van der Waals surface area (Å²) in [4.78, 5) is 29.1. The van der Waals surface area contributed by atoms with Crippen LogP contribution in [0.3, 0.4) is 0 Å². The Morgan fingerprint density at radius 2 is 1.68 bits per heavy atom. The minimum Gasteiger partial charge on any atom is -0.367 e. The Bertz CT molecular complexity index is 1470. The highest BCUT2D eigenvalue weighted by atomic mass is 19.1. The first-order valence-corrected chi connectivity index (χ1v) is 13.1. The number of pyridine rings is 1. The number of likely N-dealkylation sites (tertiary alicyclic amines) is 1. The summed E-state index contributed by atoms with van der Waals surface area (Å²) < 4.78 is 15.2. The van der Waals surface area contributed by atoms with Crippen molar-refractivity contribution in [3.63, 3.8) is 0 Å². The minimum absolute atomic E-state index is 0.0691. The predicted octanol–water partition coefficient (Wildman–Crippen LogP) is 4.17. The summed E-state index contributed by atoms with van der Waals surface area (Å²) in [6, 6.07) is 15.7. The van der Waals surface area contributed by atoms with Gasteiger partial charge in [0.05, 0.1) is 5.69 Å². The summed E-state index contributed by atoms with van der Waals surface area (Å²) in [6.07, 6.45) is 3.72. The molecular weight excluding hydrogens is 479 g/mol. The molecule has 0 unspecified atom stereocenters. The number of carbonyl (C=O) groups is 1. The van der Waals surface area contributed by atoms with E-state index in [1.165, 1.54) is 0 Å². The zero-order chi connectivity index (χ0) is 26.4. The van der Waals surface area contributed by atoms with E-state index in [0.29, 0.717) is 17.3 Å². The first-order chi connectivity index (χ1) is 18.4. The first-order valence-electron chi connectivity index (χ1n) is 13.1. The predicted molar refractivity (Wildman–Crippen MR) is 150 cm³/mol. The van der Waals surface area contributed by atoms with E-state index in [1.807, 2.05) is 61.6 Å². The maximum Gasteiger partial charge on any atom is 0.253 e. The van der Waals surface area contributed by atoms with Crippen molar-refractivity contribution in [2.45, 2.75) is 6.04 Å². The second-order valence-electron chi connectivity index (χ2n) is 10.7. The highest BCUT2D eigenvalue weighted by molar-refractivity contribution is 5.98. The maximum atomic E-state index is 15.2. The molecular formula is C30H33FN6O. The Morgan fingerprint density at radius 1 is 0.974 bits per heavy atom. The quantitative estimate of drug-likeness (QED) is 0.435. The third-order valence-corrected chi connectivity index (χ3v) is 7.98. The number of amides is 1. The lowest BCUT2D eigenvalue weighted by Gasteiger charge is -2.42. The highest BCUT2D eigenvalue weighted by Crippen LogP contribution is 2.33. The molecule has 1 N–H and O–H groups in total. The molecule has 1 amide bonds. The van der Waals surface area contributed by atoms with Crippen molar-refractivity contribution in [1.82, 2.24) is 24.7 Å². The molecule has 0 radical (unpaired) electrons. The van der Waals surface area contributed by atoms with E-state index in [-0.39, 0.29) is 11.7 Å². The number of carbonyl (C=O) groups excluding carboxylic acids is 1. The number of aromatic nitrogens is 2. The number of H-pyrrole nitrogens is 1. The number of hydrogen-bond acceptors (Lipinski definition) is 5. The van der Waals surface area contributed by atoms with Gasteiger partial charge in [0, 0.05) is 79.8 Å². The molecule has 4 aromatic rings. The number of benzene rings is 2. The van der Waals surface area contributed by atoms with Crippen LogP contribution in [0.1, 0.15) is 10.4 Å². The third kappa shape index (κ3) is 4.54. The van der Waals surface area contributed by atoms with Crippen molar-refractivity contribution in [3.05, 3.63) is 72.3 Å². The van der Waals surface area contributed by atoms with Gasteiger partial charge in [-0.3, -0.25) is 4.79 Å². The zero-order valence-electron chi connectivity index (χ0n) is 22.1. The van der Waals surface area contributed by atoms with Crippen molar-refractivity contribution >= 4 is 22.6 Å². The van der Waals surface area contributed by atoms with E-state index in [2.05, 4.69) is 37.8 Å². The topological polar surface area (TPSA) is 58.7 Å². The van der Waals surface area contributed by atoms with Crippen LogP contribution in [0.4, 0.5) is 10.1 Å². The lowest BCUT2D eigenvalue weighted by molar-refractivity contribution is 0.0399. The van der Waals surface area contributed by atoms with E-state index in [0.717, 1.165) is 72.6 Å². The molecule has 2 aliphatic rings. The molecule has 2 saturated heterocycles. The standard InChI is InChI=1S/C30H33FN6O/c1-34(2)24-18-37(19-24)30(38)21-6-4-20(5-7-21)26-17-33-29-25(26)14-23(16-32-29)22-8-9-28(27(31)15-22)36-12-10-35(3)11-13-36/h4-9,14-17,24H,10-13,18-19H2,1-3H3,(H,32,33). The average Bonchev–Trinajstić information content (AvgIpc) is 3.31. The SMILES string of the molecule is CN1CCN(c2ccc(-c3cnc4[nH]cc(-c5ccc(C(=O)N6CC(N(C)C)C6)cc5)c4c3)cc2F)CC1. The lowest BCUT2D eigenvalue weighted by atomic mass is 10.00. The van der Waals surface area contributed by atoms with Crippen LogP contribution in [0, 0.1) is 5.82 Å². The van der Waals surface area contributed by atoms with Gasteiger partial charge in [-0.05, 0) is 62.6 Å². The summed E-state index contributed by atoms with van der Waals surface area (Å²) in [5, 5.41) is 0.960. The van der Waals surface area contributed by atoms with Gasteiger partial charge in [-0.25, -0.2) is 9.37 Å². The van der Waals surface area contributed by atoms with Crippen LogP contribution in [0.15, 0.2) is 60.9 Å². The molecule has 0 atom stereocenters. The molecule has 2 fully saturated rings. The second kappa shape index (κ2) is 9.85. The van der Waals surface area contributed by atoms with Gasteiger partial charge < -0.3 is 24.6 Å². The highest BCUT2D eigenvalue weighted by Gasteiger charge is 2.32. The van der Waals surface area contributed by atoms with Crippen LogP contribution < -0.4 is 4.90 Å². The van der Waals surface area contributed by atoms with Gasteiger partial charge in [0.25, 0.3) is 5.91 Å². The zero-order valence-corrected chi connectivity index (χ0v) is 22.1. The molecule has 38 heavy (non-hydrogen) atoms. The van der Waals surface area contributed by atoms with Crippen molar-refractivity contribution in [2.24, 2.45) is 0 Å². The van der Waals surface area contributed by atoms with Gasteiger partial charge in [-0.2, -0.15) is 0 Å². The molecule has 196 valence electrons. The van der Waals surface area contributed by atoms with E-state index in [1.54, 1.807) is 12.3 Å². The molecule has 2 aromatic heterocycles. The normalized spacial score (nSPS) is 16.9. The number of nitrogens with zero attached hydrogens (tertiary/aromatic N) is 5. The smallest absolute Gasteiger partial charge is 0.253 e. The van der Waals surface area contributed by atoms with Gasteiger partial charge in [0.15, 0.2) is 0 Å². The van der Waals surface area contributed by atoms with Crippen molar-refractivity contribution in [3.8, 4) is 22.3 Å². The summed E-state index contributed by atoms with van der Waals surface area (Å²) in [5.74, 6) is -0.139. The number of halogens is 1. The van der Waals surface area contributed by atoms with Gasteiger partial charge in [0.2, 0.25) is 0 Å². The minimum atomic E-state index is -0.208. The summed E-state index contributed by atoms with van der Waals surface area (Å²) >= 11 is 0. The fourth-order valence-electron chi connectivity index (χ4n) is 5.31. The summed E-state index contributed by atoms with van der Waals surface area (Å²) in [5.41, 5.74) is 5.78. The molecule has 4 heterocycles. The van der Waals surface area contributed by atoms with Gasteiger partial charge in [-0.15, -0.1) is 0 Å². The van der Waals surface area contributed by atoms with Crippen LogP contribution >= 0.6 is 0 Å². The molecule has 0 aliphatic carbocycles. The van der Waals surface area contributed by atoms with Crippen LogP contribution in [0.25, 0.3) is 33.3 Å². The Balaban J connectivity index is 1.23. The van der Waals surface area contributed by atoms with Crippen molar-refractivity contribution in [2.75, 3.05) is 65.3 Å². The van der Waals surface area contributed by atoms with E-state index < -0.39 is 0 Å². The average molecular weight is 513 g/mol. The van der Waals surface area contributed by atoms with Gasteiger partial charge in [-0.1, -0.05) is 18.2 Å². The number of rotatable bonds is 5. The largest absolute Gasteiger partial charge is 0.367 e. The summed E-state index contributed by atoms with van der Waals surface area (Å²) in [7, 11) is 6.18. The molecule has 0 spiro atoms. The Labute approximate surface area is 222 Å². The molecule has 2 aromatic carbocycles. The molecule has 0 saturated carbocycles. The van der Waals surface area contributed by atoms with Crippen LogP contribution in [0.2, 0.25) is 0 Å². The number of piperazine rings is 1. The fraction of sp³-hybridized carbons (Fsp3) is 0.333. The van der Waals surface area contributed by atoms with Crippen molar-refractivity contribution < 1.29 is 9.18 Å². The molecule has 8 heteroatoms. The summed E-state index contributed by atoms with van der Waals surface area (Å²) in [6.45, 7) is 5.05. The fourth-order valence-corrected chi connectivity index (χ4v) is 5.31. The Morgan fingerprint density at radius 3 is 2.37 bits per heavy atom. The first kappa shape index (κ1) is 24.6. The maximum absolute atomic E-state index is 15.2. The van der Waals surface area contributed by atoms with E-state index in [4.69, 9.17) is 0 Å².